The summed E-state index contributed by atoms with van der Waals surface area (Å²) in [5.74, 6) is 3.90. The van der Waals surface area contributed by atoms with E-state index < -0.39 is 0 Å². The van der Waals surface area contributed by atoms with E-state index in [1.807, 2.05) is 28.8 Å². The highest BCUT2D eigenvalue weighted by molar-refractivity contribution is 5.94. The first kappa shape index (κ1) is 25.4. The number of hydrogen-bond donors (Lipinski definition) is 1. The Balaban J connectivity index is 1.84. The molecule has 1 aliphatic heterocycles. The SMILES string of the molecule is C#CCNC(=O)c1ccc2nc(-c3cc(OC)c(OC)c(OC)c3)c(CN3CCCCCCC3)n2c1. The van der Waals surface area contributed by atoms with Gasteiger partial charge in [0, 0.05) is 18.3 Å². The molecule has 0 atom stereocenters. The number of carbonyl (C=O) groups excluding carboxylic acids is 1. The number of terminal acetylenes is 1. The lowest BCUT2D eigenvalue weighted by Crippen LogP contribution is -2.28. The molecule has 0 unspecified atom stereocenters. The number of amides is 1. The number of imidazole rings is 1. The fraction of sp³-hybridized carbons (Fsp3) is 0.429. The molecule has 0 aliphatic carbocycles. The largest absolute Gasteiger partial charge is 0.493 e. The van der Waals surface area contributed by atoms with Crippen molar-refractivity contribution in [2.24, 2.45) is 0 Å². The molecular weight excluding hydrogens is 456 g/mol. The molecule has 4 rings (SSSR count). The lowest BCUT2D eigenvalue weighted by atomic mass is 10.1. The first-order valence-electron chi connectivity index (χ1n) is 12.3. The second-order valence-electron chi connectivity index (χ2n) is 8.90. The van der Waals surface area contributed by atoms with Crippen molar-refractivity contribution < 1.29 is 19.0 Å². The number of carbonyl (C=O) groups is 1. The molecule has 1 N–H and O–H groups in total. The van der Waals surface area contributed by atoms with Gasteiger partial charge in [-0.1, -0.05) is 25.2 Å². The third-order valence-electron chi connectivity index (χ3n) is 6.59. The van der Waals surface area contributed by atoms with Crippen molar-refractivity contribution >= 4 is 11.6 Å². The molecule has 3 aromatic rings. The molecule has 0 radical (unpaired) electrons. The van der Waals surface area contributed by atoms with Gasteiger partial charge in [0.15, 0.2) is 11.5 Å². The van der Waals surface area contributed by atoms with Gasteiger partial charge in [-0.05, 0) is 50.2 Å². The van der Waals surface area contributed by atoms with Crippen molar-refractivity contribution in [3.05, 3.63) is 41.7 Å². The molecule has 1 saturated heterocycles. The number of methoxy groups -OCH3 is 3. The van der Waals surface area contributed by atoms with Gasteiger partial charge in [0.2, 0.25) is 5.75 Å². The van der Waals surface area contributed by atoms with Gasteiger partial charge in [0.1, 0.15) is 5.65 Å². The molecule has 190 valence electrons. The van der Waals surface area contributed by atoms with Gasteiger partial charge in [-0.25, -0.2) is 4.98 Å². The summed E-state index contributed by atoms with van der Waals surface area (Å²) in [7, 11) is 4.80. The summed E-state index contributed by atoms with van der Waals surface area (Å²) in [6.45, 7) is 2.95. The van der Waals surface area contributed by atoms with E-state index in [4.69, 9.17) is 25.6 Å². The maximum Gasteiger partial charge on any atom is 0.253 e. The van der Waals surface area contributed by atoms with Crippen molar-refractivity contribution in [3.63, 3.8) is 0 Å². The van der Waals surface area contributed by atoms with Crippen LogP contribution in [0.1, 0.15) is 48.2 Å². The molecule has 1 aromatic carbocycles. The quantitative estimate of drug-likeness (QED) is 0.478. The topological polar surface area (TPSA) is 77.3 Å². The lowest BCUT2D eigenvalue weighted by molar-refractivity contribution is 0.0958. The normalized spacial score (nSPS) is 14.5. The number of fused-ring (bicyclic) bond motifs is 1. The lowest BCUT2D eigenvalue weighted by Gasteiger charge is -2.25. The number of aromatic nitrogens is 2. The third-order valence-corrected chi connectivity index (χ3v) is 6.59. The summed E-state index contributed by atoms with van der Waals surface area (Å²) in [4.78, 5) is 20.1. The van der Waals surface area contributed by atoms with Crippen LogP contribution in [0.4, 0.5) is 0 Å². The summed E-state index contributed by atoms with van der Waals surface area (Å²) >= 11 is 0. The molecule has 36 heavy (non-hydrogen) atoms. The molecular formula is C28H34N4O4. The molecule has 1 amide bonds. The van der Waals surface area contributed by atoms with Gasteiger partial charge in [-0.3, -0.25) is 9.69 Å². The van der Waals surface area contributed by atoms with Crippen molar-refractivity contribution in [2.75, 3.05) is 41.0 Å². The molecule has 8 heteroatoms. The summed E-state index contributed by atoms with van der Waals surface area (Å²) in [5.41, 5.74) is 3.97. The third kappa shape index (κ3) is 5.42. The highest BCUT2D eigenvalue weighted by Gasteiger charge is 2.22. The molecule has 0 bridgehead atoms. The standard InChI is InChI=1S/C28H34N4O4/c1-5-13-29-28(33)20-11-12-25-30-26(21-16-23(34-2)27(36-4)24(17-21)35-3)22(32(25)18-20)19-31-14-9-7-6-8-10-15-31/h1,11-12,16-18H,6-10,13-15,19H2,2-4H3,(H,29,33). The summed E-state index contributed by atoms with van der Waals surface area (Å²) < 4.78 is 18.7. The minimum atomic E-state index is -0.213. The highest BCUT2D eigenvalue weighted by atomic mass is 16.5. The predicted octanol–water partition coefficient (Wildman–Crippen LogP) is 4.16. The second-order valence-corrected chi connectivity index (χ2v) is 8.90. The monoisotopic (exact) mass is 490 g/mol. The van der Waals surface area contributed by atoms with Crippen LogP contribution < -0.4 is 19.5 Å². The summed E-state index contributed by atoms with van der Waals surface area (Å²) in [6.07, 6.45) is 13.3. The number of nitrogens with zero attached hydrogens (tertiary/aromatic N) is 3. The average molecular weight is 491 g/mol. The van der Waals surface area contributed by atoms with E-state index >= 15 is 0 Å². The van der Waals surface area contributed by atoms with Crippen LogP contribution in [0.25, 0.3) is 16.9 Å². The van der Waals surface area contributed by atoms with E-state index in [1.54, 1.807) is 27.4 Å². The fourth-order valence-electron chi connectivity index (χ4n) is 4.74. The van der Waals surface area contributed by atoms with Crippen LogP contribution in [0.3, 0.4) is 0 Å². The van der Waals surface area contributed by atoms with E-state index in [1.165, 1.54) is 32.1 Å². The maximum absolute atomic E-state index is 12.6. The zero-order chi connectivity index (χ0) is 25.5. The van der Waals surface area contributed by atoms with Crippen LogP contribution in [0.15, 0.2) is 30.5 Å². The van der Waals surface area contributed by atoms with E-state index in [2.05, 4.69) is 16.1 Å². The molecule has 0 saturated carbocycles. The van der Waals surface area contributed by atoms with Gasteiger partial charge in [-0.2, -0.15) is 0 Å². The number of benzene rings is 1. The van der Waals surface area contributed by atoms with Crippen molar-refractivity contribution in [2.45, 2.75) is 38.6 Å². The number of pyridine rings is 1. The Hall–Kier alpha value is -3.70. The first-order chi connectivity index (χ1) is 17.6. The van der Waals surface area contributed by atoms with Gasteiger partial charge < -0.3 is 23.9 Å². The Bertz CT molecular complexity index is 1230. The number of ether oxygens (including phenoxy) is 3. The second kappa shape index (κ2) is 11.8. The Labute approximate surface area is 212 Å². The van der Waals surface area contributed by atoms with Crippen molar-refractivity contribution in [1.29, 1.82) is 0 Å². The Morgan fingerprint density at radius 3 is 2.31 bits per heavy atom. The molecule has 8 nitrogen and oxygen atoms in total. The molecule has 3 heterocycles. The van der Waals surface area contributed by atoms with Crippen LogP contribution in [0, 0.1) is 12.3 Å². The Kier molecular flexibility index (Phi) is 8.34. The van der Waals surface area contributed by atoms with Crippen LogP contribution in [-0.2, 0) is 6.54 Å². The van der Waals surface area contributed by atoms with Gasteiger partial charge in [0.05, 0.1) is 44.8 Å². The highest BCUT2D eigenvalue weighted by Crippen LogP contribution is 2.42. The predicted molar refractivity (Wildman–Crippen MR) is 140 cm³/mol. The van der Waals surface area contributed by atoms with Crippen molar-refractivity contribution in [3.8, 4) is 40.8 Å². The molecule has 1 fully saturated rings. The molecule has 0 spiro atoms. The number of likely N-dealkylation sites (tertiary alicyclic amines) is 1. The molecule has 1 aliphatic rings. The zero-order valence-corrected chi connectivity index (χ0v) is 21.3. The maximum atomic E-state index is 12.6. The number of hydrogen-bond acceptors (Lipinski definition) is 6. The van der Waals surface area contributed by atoms with Crippen LogP contribution >= 0.6 is 0 Å². The number of rotatable bonds is 8. The smallest absolute Gasteiger partial charge is 0.253 e. The minimum absolute atomic E-state index is 0.179. The summed E-state index contributed by atoms with van der Waals surface area (Å²) in [6, 6.07) is 7.47. The van der Waals surface area contributed by atoms with E-state index in [0.29, 0.717) is 29.4 Å². The van der Waals surface area contributed by atoms with Crippen molar-refractivity contribution in [1.82, 2.24) is 19.6 Å². The number of nitrogens with one attached hydrogen (secondary N) is 1. The minimum Gasteiger partial charge on any atom is -0.493 e. The van der Waals surface area contributed by atoms with E-state index in [0.717, 1.165) is 35.7 Å². The van der Waals surface area contributed by atoms with Crippen LogP contribution in [0.2, 0.25) is 0 Å². The zero-order valence-electron chi connectivity index (χ0n) is 21.3. The molecule has 2 aromatic heterocycles. The fourth-order valence-corrected chi connectivity index (χ4v) is 4.74. The first-order valence-corrected chi connectivity index (χ1v) is 12.3. The van der Waals surface area contributed by atoms with Gasteiger partial charge in [-0.15, -0.1) is 6.42 Å². The van der Waals surface area contributed by atoms with Crippen LogP contribution in [-0.4, -0.2) is 61.2 Å². The Morgan fingerprint density at radius 2 is 1.69 bits per heavy atom. The Morgan fingerprint density at radius 1 is 1.03 bits per heavy atom. The van der Waals surface area contributed by atoms with Gasteiger partial charge >= 0.3 is 0 Å². The average Bonchev–Trinajstić information content (AvgIpc) is 3.25. The summed E-state index contributed by atoms with van der Waals surface area (Å²) in [5, 5.41) is 2.74. The van der Waals surface area contributed by atoms with Gasteiger partial charge in [0.25, 0.3) is 5.91 Å². The van der Waals surface area contributed by atoms with E-state index in [-0.39, 0.29) is 12.5 Å². The van der Waals surface area contributed by atoms with Crippen LogP contribution in [0.5, 0.6) is 17.2 Å². The van der Waals surface area contributed by atoms with E-state index in [9.17, 15) is 4.79 Å².